The summed E-state index contributed by atoms with van der Waals surface area (Å²) in [6.07, 6.45) is -0.159. The largest absolute Gasteiger partial charge is 0.496 e. The lowest BCUT2D eigenvalue weighted by Gasteiger charge is -2.37. The quantitative estimate of drug-likeness (QED) is 0.690. The van der Waals surface area contributed by atoms with Crippen molar-refractivity contribution in [1.82, 2.24) is 9.80 Å². The molecule has 2 aliphatic rings. The summed E-state index contributed by atoms with van der Waals surface area (Å²) in [5, 5.41) is 0. The van der Waals surface area contributed by atoms with Gasteiger partial charge in [0.05, 0.1) is 31.4 Å². The van der Waals surface area contributed by atoms with Gasteiger partial charge in [-0.1, -0.05) is 30.3 Å². The van der Waals surface area contributed by atoms with Crippen molar-refractivity contribution in [3.05, 3.63) is 71.2 Å². The van der Waals surface area contributed by atoms with E-state index >= 15 is 0 Å². The van der Waals surface area contributed by atoms with Crippen molar-refractivity contribution < 1.29 is 23.5 Å². The number of nitrogens with zero attached hydrogens (tertiary/aromatic N) is 2. The third-order valence-corrected chi connectivity index (χ3v) is 5.51. The maximum absolute atomic E-state index is 13.5. The van der Waals surface area contributed by atoms with Gasteiger partial charge in [-0.3, -0.25) is 14.5 Å². The zero-order chi connectivity index (χ0) is 22.1. The highest BCUT2D eigenvalue weighted by Crippen LogP contribution is 2.37. The zero-order valence-corrected chi connectivity index (χ0v) is 17.8. The SMILES string of the molecule is COc1ccccc1C1=C(N2CC(C)OC(C)C2)C(=O)N(Cc2ccc(F)cc2)C1=O. The van der Waals surface area contributed by atoms with Crippen LogP contribution in [0.25, 0.3) is 5.57 Å². The van der Waals surface area contributed by atoms with Crippen LogP contribution in [0.3, 0.4) is 0 Å². The molecule has 2 unspecified atom stereocenters. The van der Waals surface area contributed by atoms with Gasteiger partial charge in [0, 0.05) is 18.7 Å². The minimum Gasteiger partial charge on any atom is -0.496 e. The van der Waals surface area contributed by atoms with Crippen molar-refractivity contribution in [2.24, 2.45) is 0 Å². The maximum atomic E-state index is 13.5. The Morgan fingerprint density at radius 3 is 2.29 bits per heavy atom. The van der Waals surface area contributed by atoms with E-state index in [-0.39, 0.29) is 36.4 Å². The van der Waals surface area contributed by atoms with Crippen LogP contribution in [0.1, 0.15) is 25.0 Å². The lowest BCUT2D eigenvalue weighted by atomic mass is 10.0. The molecule has 2 aromatic rings. The highest BCUT2D eigenvalue weighted by atomic mass is 19.1. The summed E-state index contributed by atoms with van der Waals surface area (Å²) >= 11 is 0. The number of hydrogen-bond donors (Lipinski definition) is 0. The van der Waals surface area contributed by atoms with Crippen LogP contribution in [0.5, 0.6) is 5.75 Å². The highest BCUT2D eigenvalue weighted by Gasteiger charge is 2.43. The first-order valence-electron chi connectivity index (χ1n) is 10.3. The lowest BCUT2D eigenvalue weighted by Crippen LogP contribution is -2.46. The van der Waals surface area contributed by atoms with Crippen LogP contribution >= 0.6 is 0 Å². The van der Waals surface area contributed by atoms with Gasteiger partial charge in [0.25, 0.3) is 11.8 Å². The number of amides is 2. The van der Waals surface area contributed by atoms with Crippen LogP contribution in [0, 0.1) is 5.82 Å². The van der Waals surface area contributed by atoms with Crippen LogP contribution < -0.4 is 4.74 Å². The molecule has 31 heavy (non-hydrogen) atoms. The van der Waals surface area contributed by atoms with E-state index in [1.807, 2.05) is 30.9 Å². The maximum Gasteiger partial charge on any atom is 0.278 e. The molecule has 2 amide bonds. The molecule has 1 fully saturated rings. The Hall–Kier alpha value is -3.19. The van der Waals surface area contributed by atoms with Crippen molar-refractivity contribution in [3.8, 4) is 5.75 Å². The molecule has 2 aromatic carbocycles. The fourth-order valence-corrected chi connectivity index (χ4v) is 4.23. The number of halogens is 1. The van der Waals surface area contributed by atoms with E-state index in [1.54, 1.807) is 24.3 Å². The van der Waals surface area contributed by atoms with Gasteiger partial charge in [-0.2, -0.15) is 0 Å². The number of imide groups is 1. The predicted octanol–water partition coefficient (Wildman–Crippen LogP) is 3.22. The number of rotatable bonds is 5. The summed E-state index contributed by atoms with van der Waals surface area (Å²) in [5.74, 6) is -0.598. The average Bonchev–Trinajstić information content (AvgIpc) is 2.99. The summed E-state index contributed by atoms with van der Waals surface area (Å²) in [4.78, 5) is 30.2. The number of morpholine rings is 1. The molecule has 0 bridgehead atoms. The third kappa shape index (κ3) is 4.05. The second kappa shape index (κ2) is 8.51. The van der Waals surface area contributed by atoms with Gasteiger partial charge in [-0.25, -0.2) is 4.39 Å². The normalized spacial score (nSPS) is 21.8. The molecular formula is C24H25FN2O4. The van der Waals surface area contributed by atoms with Gasteiger partial charge in [0.15, 0.2) is 0 Å². The Balaban J connectivity index is 1.78. The second-order valence-corrected chi connectivity index (χ2v) is 7.91. The standard InChI is InChI=1S/C24H25FN2O4/c1-15-12-26(13-16(2)31-15)22-21(19-6-4-5-7-20(19)30-3)23(28)27(24(22)29)14-17-8-10-18(25)11-9-17/h4-11,15-16H,12-14H2,1-3H3. The van der Waals surface area contributed by atoms with Crippen LogP contribution in [-0.4, -0.2) is 54.0 Å². The van der Waals surface area contributed by atoms with E-state index in [2.05, 4.69) is 0 Å². The fraction of sp³-hybridized carbons (Fsp3) is 0.333. The molecule has 6 nitrogen and oxygen atoms in total. The highest BCUT2D eigenvalue weighted by molar-refractivity contribution is 6.35. The van der Waals surface area contributed by atoms with E-state index < -0.39 is 0 Å². The summed E-state index contributed by atoms with van der Waals surface area (Å²) in [5.41, 5.74) is 1.93. The number of benzene rings is 2. The van der Waals surface area contributed by atoms with Gasteiger partial charge >= 0.3 is 0 Å². The predicted molar refractivity (Wildman–Crippen MR) is 113 cm³/mol. The topological polar surface area (TPSA) is 59.1 Å². The van der Waals surface area contributed by atoms with Crippen LogP contribution in [0.15, 0.2) is 54.2 Å². The Bertz CT molecular complexity index is 1020. The zero-order valence-electron chi connectivity index (χ0n) is 17.8. The summed E-state index contributed by atoms with van der Waals surface area (Å²) in [7, 11) is 1.54. The second-order valence-electron chi connectivity index (χ2n) is 7.91. The first-order chi connectivity index (χ1) is 14.9. The third-order valence-electron chi connectivity index (χ3n) is 5.51. The molecule has 162 valence electrons. The first kappa shape index (κ1) is 21.1. The fourth-order valence-electron chi connectivity index (χ4n) is 4.23. The van der Waals surface area contributed by atoms with Crippen molar-refractivity contribution in [2.75, 3.05) is 20.2 Å². The number of carbonyl (C=O) groups excluding carboxylic acids is 2. The van der Waals surface area contributed by atoms with Crippen LogP contribution in [0.2, 0.25) is 0 Å². The average molecular weight is 424 g/mol. The van der Waals surface area contributed by atoms with Gasteiger partial charge in [0.1, 0.15) is 17.3 Å². The molecule has 7 heteroatoms. The van der Waals surface area contributed by atoms with E-state index in [9.17, 15) is 14.0 Å². The van der Waals surface area contributed by atoms with Crippen LogP contribution in [0.4, 0.5) is 4.39 Å². The van der Waals surface area contributed by atoms with Crippen molar-refractivity contribution in [1.29, 1.82) is 0 Å². The minimum absolute atomic E-state index is 0.0650. The molecule has 0 radical (unpaired) electrons. The lowest BCUT2D eigenvalue weighted by molar-refractivity contribution is -0.139. The number of ether oxygens (including phenoxy) is 2. The molecule has 0 spiro atoms. The van der Waals surface area contributed by atoms with Crippen molar-refractivity contribution in [3.63, 3.8) is 0 Å². The van der Waals surface area contributed by atoms with Gasteiger partial charge in [0.2, 0.25) is 0 Å². The van der Waals surface area contributed by atoms with Gasteiger partial charge in [-0.05, 0) is 37.6 Å². The Labute approximate surface area is 180 Å². The molecule has 4 rings (SSSR count). The van der Waals surface area contributed by atoms with E-state index in [0.29, 0.717) is 41.2 Å². The van der Waals surface area contributed by atoms with Crippen molar-refractivity contribution in [2.45, 2.75) is 32.6 Å². The molecule has 2 atom stereocenters. The van der Waals surface area contributed by atoms with E-state index in [0.717, 1.165) is 0 Å². The minimum atomic E-state index is -0.388. The molecule has 1 saturated heterocycles. The van der Waals surface area contributed by atoms with Crippen molar-refractivity contribution >= 4 is 17.4 Å². The number of methoxy groups -OCH3 is 1. The Morgan fingerprint density at radius 1 is 1.00 bits per heavy atom. The van der Waals surface area contributed by atoms with E-state index in [1.165, 1.54) is 24.1 Å². The number of para-hydroxylation sites is 1. The first-order valence-corrected chi connectivity index (χ1v) is 10.3. The molecule has 2 heterocycles. The van der Waals surface area contributed by atoms with Gasteiger partial charge in [-0.15, -0.1) is 0 Å². The molecule has 0 saturated carbocycles. The summed E-state index contributed by atoms with van der Waals surface area (Å²) in [6, 6.07) is 13.0. The molecule has 0 aromatic heterocycles. The Kier molecular flexibility index (Phi) is 5.78. The molecular weight excluding hydrogens is 399 g/mol. The Morgan fingerprint density at radius 2 is 1.65 bits per heavy atom. The van der Waals surface area contributed by atoms with Gasteiger partial charge < -0.3 is 14.4 Å². The summed E-state index contributed by atoms with van der Waals surface area (Å²) < 4.78 is 24.6. The smallest absolute Gasteiger partial charge is 0.278 e. The molecule has 0 N–H and O–H groups in total. The molecule has 0 aliphatic carbocycles. The monoisotopic (exact) mass is 424 g/mol. The van der Waals surface area contributed by atoms with E-state index in [4.69, 9.17) is 9.47 Å². The number of hydrogen-bond acceptors (Lipinski definition) is 5. The summed E-state index contributed by atoms with van der Waals surface area (Å²) in [6.45, 7) is 4.96. The number of carbonyl (C=O) groups is 2. The van der Waals surface area contributed by atoms with Crippen LogP contribution in [-0.2, 0) is 20.9 Å². The molecule has 2 aliphatic heterocycles.